The molecule has 3 nitrogen and oxygen atoms in total. The fourth-order valence-electron chi connectivity index (χ4n) is 3.11. The summed E-state index contributed by atoms with van der Waals surface area (Å²) >= 11 is 0. The Kier molecular flexibility index (Phi) is 4.29. The van der Waals surface area contributed by atoms with Crippen LogP contribution in [0, 0.1) is 0 Å². The van der Waals surface area contributed by atoms with Gasteiger partial charge in [0.25, 0.3) is 0 Å². The van der Waals surface area contributed by atoms with Crippen molar-refractivity contribution in [1.82, 2.24) is 0 Å². The van der Waals surface area contributed by atoms with Crippen molar-refractivity contribution in [1.29, 1.82) is 0 Å². The molecule has 128 valence electrons. The highest BCUT2D eigenvalue weighted by Crippen LogP contribution is 2.46. The molecular formula is C22H16O3S. The van der Waals surface area contributed by atoms with Crippen LogP contribution in [0.3, 0.4) is 0 Å². The number of benzene rings is 3. The largest absolute Gasteiger partial charge is 0.590 e. The van der Waals surface area contributed by atoms with Crippen LogP contribution < -0.4 is 4.74 Å². The third-order valence-electron chi connectivity index (χ3n) is 4.37. The lowest BCUT2D eigenvalue weighted by molar-refractivity contribution is 0.104. The number of fused-ring (bicyclic) bond motifs is 1. The van der Waals surface area contributed by atoms with Gasteiger partial charge in [-0.25, -0.2) is 0 Å². The second-order valence-electron chi connectivity index (χ2n) is 5.90. The zero-order valence-electron chi connectivity index (χ0n) is 14.1. The quantitative estimate of drug-likeness (QED) is 0.358. The Morgan fingerprint density at radius 2 is 1.58 bits per heavy atom. The zero-order valence-corrected chi connectivity index (χ0v) is 15.0. The van der Waals surface area contributed by atoms with E-state index in [4.69, 9.17) is 4.74 Å². The summed E-state index contributed by atoms with van der Waals surface area (Å²) in [5.74, 6) is 0.500. The molecule has 0 saturated carbocycles. The van der Waals surface area contributed by atoms with Crippen molar-refractivity contribution in [3.05, 3.63) is 90.0 Å². The number of methoxy groups -OCH3 is 1. The van der Waals surface area contributed by atoms with E-state index in [-0.39, 0.29) is 5.78 Å². The number of hydrogen-bond donors (Lipinski definition) is 0. The molecule has 0 aliphatic heterocycles. The molecule has 26 heavy (non-hydrogen) atoms. The zero-order chi connectivity index (χ0) is 18.1. The summed E-state index contributed by atoms with van der Waals surface area (Å²) in [5.41, 5.74) is 1.87. The third-order valence-corrected chi connectivity index (χ3v) is 5.92. The molecule has 1 aromatic heterocycles. The smallest absolute Gasteiger partial charge is 0.199 e. The fraction of sp³-hybridized carbons (Fsp3) is 0.0455. The molecule has 0 spiro atoms. The molecule has 0 aliphatic carbocycles. The Balaban J connectivity index is 2.05. The van der Waals surface area contributed by atoms with E-state index in [1.807, 2.05) is 54.6 Å². The lowest BCUT2D eigenvalue weighted by Crippen LogP contribution is -2.02. The summed E-state index contributed by atoms with van der Waals surface area (Å²) < 4.78 is 19.1. The molecular weight excluding hydrogens is 344 g/mol. The Bertz CT molecular complexity index is 1080. The molecule has 0 bridgehead atoms. The number of carbonyl (C=O) groups excluding carboxylic acids is 1. The summed E-state index contributed by atoms with van der Waals surface area (Å²) in [5, 5.41) is 0.705. The molecule has 0 saturated heterocycles. The first-order chi connectivity index (χ1) is 12.7. The molecule has 1 unspecified atom stereocenters. The summed E-state index contributed by atoms with van der Waals surface area (Å²) in [4.78, 5) is 13.8. The van der Waals surface area contributed by atoms with E-state index in [0.29, 0.717) is 31.8 Å². The van der Waals surface area contributed by atoms with Gasteiger partial charge in [0.15, 0.2) is 15.4 Å². The van der Waals surface area contributed by atoms with Crippen LogP contribution in [0.4, 0.5) is 0 Å². The first-order valence-corrected chi connectivity index (χ1v) is 9.35. The van der Waals surface area contributed by atoms with Crippen LogP contribution in [-0.4, -0.2) is 17.4 Å². The van der Waals surface area contributed by atoms with Crippen molar-refractivity contribution in [3.63, 3.8) is 0 Å². The summed E-state index contributed by atoms with van der Waals surface area (Å²) in [6.07, 6.45) is 0. The monoisotopic (exact) mass is 360 g/mol. The van der Waals surface area contributed by atoms with E-state index in [1.54, 1.807) is 31.4 Å². The topological polar surface area (TPSA) is 49.4 Å². The van der Waals surface area contributed by atoms with Gasteiger partial charge in [-0.3, -0.25) is 4.79 Å². The second-order valence-corrected chi connectivity index (χ2v) is 7.28. The molecule has 0 fully saturated rings. The van der Waals surface area contributed by atoms with E-state index in [2.05, 4.69) is 0 Å². The minimum atomic E-state index is -1.44. The van der Waals surface area contributed by atoms with Crippen LogP contribution in [0.5, 0.6) is 5.75 Å². The average molecular weight is 360 g/mol. The number of ether oxygens (including phenoxy) is 1. The van der Waals surface area contributed by atoms with E-state index in [9.17, 15) is 9.35 Å². The SMILES string of the molecule is COc1ccc2c(C(=O)c3ccccc3)c(-c3ccccc3)[s+]([O-])c2c1. The number of carbonyl (C=O) groups is 1. The maximum Gasteiger partial charge on any atom is 0.199 e. The number of thiophene rings is 1. The number of rotatable bonds is 4. The second kappa shape index (κ2) is 6.75. The fourth-order valence-corrected chi connectivity index (χ4v) is 4.67. The predicted molar refractivity (Wildman–Crippen MR) is 104 cm³/mol. The Hall–Kier alpha value is -2.95. The lowest BCUT2D eigenvalue weighted by atomic mass is 9.97. The van der Waals surface area contributed by atoms with Gasteiger partial charge in [-0.05, 0) is 35.0 Å². The van der Waals surface area contributed by atoms with E-state index in [1.165, 1.54) is 0 Å². The molecule has 1 atom stereocenters. The lowest BCUT2D eigenvalue weighted by Gasteiger charge is -2.03. The standard InChI is InChI=1S/C22H16O3S/c1-25-17-12-13-18-19(14-17)26(24)22(16-10-6-3-7-11-16)20(18)21(23)15-8-4-2-5-9-15/h2-14H,1H3. The van der Waals surface area contributed by atoms with Crippen LogP contribution in [-0.2, 0) is 0 Å². The normalized spacial score (nSPS) is 11.5. The van der Waals surface area contributed by atoms with Crippen molar-refractivity contribution in [2.24, 2.45) is 0 Å². The van der Waals surface area contributed by atoms with Gasteiger partial charge in [0, 0.05) is 17.2 Å². The van der Waals surface area contributed by atoms with Crippen LogP contribution in [0.15, 0.2) is 78.9 Å². The number of ketones is 1. The average Bonchev–Trinajstić information content (AvgIpc) is 3.00. The summed E-state index contributed by atoms with van der Waals surface area (Å²) in [6.45, 7) is 0. The molecule has 4 rings (SSSR count). The van der Waals surface area contributed by atoms with Crippen molar-refractivity contribution in [2.45, 2.75) is 0 Å². The van der Waals surface area contributed by atoms with Crippen LogP contribution in [0.25, 0.3) is 20.5 Å². The van der Waals surface area contributed by atoms with Crippen LogP contribution >= 0.6 is 10.8 Å². The molecule has 0 amide bonds. The van der Waals surface area contributed by atoms with Gasteiger partial charge in [0.2, 0.25) is 0 Å². The molecule has 3 aromatic carbocycles. The minimum Gasteiger partial charge on any atom is -0.590 e. The van der Waals surface area contributed by atoms with Gasteiger partial charge in [0.05, 0.1) is 18.1 Å². The van der Waals surface area contributed by atoms with E-state index >= 15 is 0 Å². The van der Waals surface area contributed by atoms with Crippen molar-refractivity contribution in [2.75, 3.05) is 7.11 Å². The minimum absolute atomic E-state index is 0.123. The van der Waals surface area contributed by atoms with Gasteiger partial charge in [0.1, 0.15) is 5.75 Å². The maximum absolute atomic E-state index is 13.3. The molecule has 0 aliphatic rings. The maximum atomic E-state index is 13.3. The summed E-state index contributed by atoms with van der Waals surface area (Å²) in [6, 6.07) is 23.9. The number of hydrogen-bond acceptors (Lipinski definition) is 3. The van der Waals surface area contributed by atoms with E-state index in [0.717, 1.165) is 5.56 Å². The van der Waals surface area contributed by atoms with Gasteiger partial charge in [-0.2, -0.15) is 0 Å². The van der Waals surface area contributed by atoms with Gasteiger partial charge in [-0.1, -0.05) is 48.5 Å². The highest BCUT2D eigenvalue weighted by Gasteiger charge is 2.29. The first-order valence-electron chi connectivity index (χ1n) is 8.20. The predicted octanol–water partition coefficient (Wildman–Crippen LogP) is 5.47. The molecule has 0 radical (unpaired) electrons. The Labute approximate surface area is 154 Å². The van der Waals surface area contributed by atoms with Gasteiger partial charge >= 0.3 is 0 Å². The highest BCUT2D eigenvalue weighted by atomic mass is 32.2. The summed E-state index contributed by atoms with van der Waals surface area (Å²) in [7, 11) is 0.127. The molecule has 4 aromatic rings. The first kappa shape index (κ1) is 16.5. The Morgan fingerprint density at radius 3 is 2.23 bits per heavy atom. The van der Waals surface area contributed by atoms with E-state index < -0.39 is 10.8 Å². The van der Waals surface area contributed by atoms with Crippen molar-refractivity contribution < 1.29 is 14.1 Å². The molecule has 1 heterocycles. The van der Waals surface area contributed by atoms with Crippen LogP contribution in [0.1, 0.15) is 15.9 Å². The highest BCUT2D eigenvalue weighted by molar-refractivity contribution is 7.35. The molecule has 4 heteroatoms. The Morgan fingerprint density at radius 1 is 0.923 bits per heavy atom. The van der Waals surface area contributed by atoms with Crippen molar-refractivity contribution in [3.8, 4) is 16.2 Å². The molecule has 0 N–H and O–H groups in total. The van der Waals surface area contributed by atoms with Crippen molar-refractivity contribution >= 4 is 26.6 Å². The van der Waals surface area contributed by atoms with Gasteiger partial charge < -0.3 is 9.29 Å². The van der Waals surface area contributed by atoms with Gasteiger partial charge in [-0.15, -0.1) is 0 Å². The third kappa shape index (κ3) is 2.69. The van der Waals surface area contributed by atoms with Crippen LogP contribution in [0.2, 0.25) is 0 Å².